The van der Waals surface area contributed by atoms with Crippen LogP contribution in [0.2, 0.25) is 5.02 Å². The van der Waals surface area contributed by atoms with E-state index in [0.717, 1.165) is 0 Å². The maximum absolute atomic E-state index is 12.7. The summed E-state index contributed by atoms with van der Waals surface area (Å²) >= 11 is 5.98. The third-order valence-electron chi connectivity index (χ3n) is 5.09. The Balaban J connectivity index is 1.86. The van der Waals surface area contributed by atoms with Gasteiger partial charge in [0.25, 0.3) is 5.91 Å². The summed E-state index contributed by atoms with van der Waals surface area (Å²) in [6.45, 7) is 0.205. The van der Waals surface area contributed by atoms with Crippen molar-refractivity contribution in [2.45, 2.75) is 6.42 Å². The molecule has 0 aliphatic carbocycles. The molecule has 0 fully saturated rings. The number of nitrogens with two attached hydrogens (primary N) is 1. The maximum Gasteiger partial charge on any atom is 0.295 e. The number of nitriles is 1. The Hall–Kier alpha value is -4.72. The molecule has 0 spiro atoms. The molecule has 0 saturated heterocycles. The molecule has 5 N–H and O–H groups in total. The second-order valence-electron chi connectivity index (χ2n) is 7.55. The van der Waals surface area contributed by atoms with E-state index in [0.29, 0.717) is 27.4 Å². The lowest BCUT2D eigenvalue weighted by Crippen LogP contribution is -2.16. The van der Waals surface area contributed by atoms with Crippen molar-refractivity contribution in [1.82, 2.24) is 10.1 Å². The number of amides is 2. The number of rotatable bonds is 7. The highest BCUT2D eigenvalue weighted by Gasteiger charge is 2.20. The number of aromatic hydroxyl groups is 1. The summed E-state index contributed by atoms with van der Waals surface area (Å²) in [5, 5.41) is 29.7. The first-order valence-corrected chi connectivity index (χ1v) is 11.0. The third-order valence-corrected chi connectivity index (χ3v) is 5.32. The van der Waals surface area contributed by atoms with E-state index in [-0.39, 0.29) is 47.5 Å². The fourth-order valence-corrected chi connectivity index (χ4v) is 3.62. The van der Waals surface area contributed by atoms with E-state index in [2.05, 4.69) is 26.8 Å². The van der Waals surface area contributed by atoms with E-state index in [9.17, 15) is 20.0 Å². The van der Waals surface area contributed by atoms with Gasteiger partial charge in [-0.3, -0.25) is 9.59 Å². The number of nitrogens with zero attached hydrogens (tertiary/aromatic N) is 3. The molecule has 0 radical (unpaired) electrons. The Morgan fingerprint density at radius 3 is 2.64 bits per heavy atom. The van der Waals surface area contributed by atoms with Crippen LogP contribution in [-0.4, -0.2) is 33.6 Å². The van der Waals surface area contributed by atoms with E-state index in [4.69, 9.17) is 21.9 Å². The van der Waals surface area contributed by atoms with Crippen molar-refractivity contribution in [2.75, 3.05) is 17.2 Å². The van der Waals surface area contributed by atoms with Crippen LogP contribution in [0.3, 0.4) is 0 Å². The molecule has 180 valence electrons. The number of aromatic nitrogens is 2. The average Bonchev–Trinajstić information content (AvgIpc) is 3.39. The number of phenolic OH excluding ortho intramolecular Hbond substituents is 1. The zero-order valence-electron chi connectivity index (χ0n) is 18.7. The minimum absolute atomic E-state index is 0.0571. The number of carbonyl (C=O) groups is 2. The predicted molar refractivity (Wildman–Crippen MR) is 133 cm³/mol. The van der Waals surface area contributed by atoms with Crippen LogP contribution in [0.15, 0.2) is 65.3 Å². The highest BCUT2D eigenvalue weighted by Crippen LogP contribution is 2.37. The number of anilines is 2. The van der Waals surface area contributed by atoms with Crippen molar-refractivity contribution < 1.29 is 19.2 Å². The number of halogens is 1. The van der Waals surface area contributed by atoms with Gasteiger partial charge in [0.15, 0.2) is 5.82 Å². The normalized spacial score (nSPS) is 10.5. The van der Waals surface area contributed by atoms with Gasteiger partial charge >= 0.3 is 0 Å². The molecule has 2 heterocycles. The maximum atomic E-state index is 12.7. The fourth-order valence-electron chi connectivity index (χ4n) is 3.46. The lowest BCUT2D eigenvalue weighted by atomic mass is 9.97. The van der Waals surface area contributed by atoms with Crippen LogP contribution < -0.4 is 16.4 Å². The minimum atomic E-state index is -0.664. The highest BCUT2D eigenvalue weighted by atomic mass is 35.5. The lowest BCUT2D eigenvalue weighted by Gasteiger charge is -2.15. The second-order valence-corrected chi connectivity index (χ2v) is 7.99. The van der Waals surface area contributed by atoms with Crippen LogP contribution >= 0.6 is 11.6 Å². The topological polar surface area (TPSA) is 167 Å². The van der Waals surface area contributed by atoms with Crippen LogP contribution in [0.1, 0.15) is 22.5 Å². The molecule has 11 heteroatoms. The number of carbonyl (C=O) groups excluding carboxylic acids is 2. The molecule has 0 saturated carbocycles. The van der Waals surface area contributed by atoms with E-state index in [1.165, 1.54) is 18.3 Å². The Morgan fingerprint density at radius 2 is 1.94 bits per heavy atom. The Kier molecular flexibility index (Phi) is 7.25. The Morgan fingerprint density at radius 1 is 1.11 bits per heavy atom. The van der Waals surface area contributed by atoms with Crippen molar-refractivity contribution in [3.8, 4) is 34.2 Å². The zero-order valence-corrected chi connectivity index (χ0v) is 19.4. The van der Waals surface area contributed by atoms with Gasteiger partial charge in [-0.2, -0.15) is 5.26 Å². The third kappa shape index (κ3) is 5.33. The van der Waals surface area contributed by atoms with Gasteiger partial charge in [-0.05, 0) is 42.0 Å². The number of hydrogen-bond acceptors (Lipinski definition) is 8. The molecule has 2 amide bonds. The fraction of sp³-hybridized carbons (Fsp3) is 0.0800. The van der Waals surface area contributed by atoms with E-state index >= 15 is 0 Å². The SMILES string of the molecule is N#Cc1c(-c2cccc(NC(=O)CCN)c2)cc(-c2ccc(Cl)cc2O)nc1NC(=O)c1ccno1. The van der Waals surface area contributed by atoms with Crippen molar-refractivity contribution in [1.29, 1.82) is 5.26 Å². The highest BCUT2D eigenvalue weighted by molar-refractivity contribution is 6.30. The van der Waals surface area contributed by atoms with Crippen LogP contribution in [0, 0.1) is 11.3 Å². The molecule has 0 atom stereocenters. The molecule has 2 aromatic heterocycles. The molecular formula is C25H19ClN6O4. The number of pyridine rings is 1. The minimum Gasteiger partial charge on any atom is -0.507 e. The van der Waals surface area contributed by atoms with Crippen molar-refractivity contribution >= 4 is 34.9 Å². The summed E-state index contributed by atoms with van der Waals surface area (Å²) in [5.41, 5.74) is 7.56. The van der Waals surface area contributed by atoms with Crippen LogP contribution in [0.5, 0.6) is 5.75 Å². The zero-order chi connectivity index (χ0) is 25.7. The second kappa shape index (κ2) is 10.7. The molecule has 2 aromatic carbocycles. The summed E-state index contributed by atoms with van der Waals surface area (Å²) in [5.74, 6) is -1.19. The summed E-state index contributed by atoms with van der Waals surface area (Å²) in [7, 11) is 0. The van der Waals surface area contributed by atoms with Crippen molar-refractivity contribution in [3.63, 3.8) is 0 Å². The standard InChI is InChI=1S/C25H19ClN6O4/c26-15-4-5-17(21(33)11-15)20-12-18(14-2-1-3-16(10-14)30-23(34)6-8-27)19(13-28)24(31-20)32-25(35)22-7-9-29-36-22/h1-5,7,9-12,33H,6,8,27H2,(H,30,34)(H,31,32,35). The average molecular weight is 503 g/mol. The first-order chi connectivity index (χ1) is 17.4. The number of nitrogens with one attached hydrogen (secondary N) is 2. The van der Waals surface area contributed by atoms with Crippen molar-refractivity contribution in [3.05, 3.63) is 77.1 Å². The van der Waals surface area contributed by atoms with Gasteiger partial charge < -0.3 is 26.0 Å². The van der Waals surface area contributed by atoms with Gasteiger partial charge in [0.2, 0.25) is 11.7 Å². The van der Waals surface area contributed by atoms with E-state index in [1.807, 2.05) is 0 Å². The van der Waals surface area contributed by atoms with E-state index < -0.39 is 5.91 Å². The Bertz CT molecular complexity index is 1480. The van der Waals surface area contributed by atoms with Crippen LogP contribution in [0.25, 0.3) is 22.4 Å². The first-order valence-electron chi connectivity index (χ1n) is 10.7. The number of phenols is 1. The summed E-state index contributed by atoms with van der Waals surface area (Å²) in [6.07, 6.45) is 1.46. The Labute approximate surface area is 210 Å². The monoisotopic (exact) mass is 502 g/mol. The summed E-state index contributed by atoms with van der Waals surface area (Å²) in [4.78, 5) is 29.1. The van der Waals surface area contributed by atoms with Gasteiger partial charge in [-0.15, -0.1) is 0 Å². The molecule has 10 nitrogen and oxygen atoms in total. The van der Waals surface area contributed by atoms with E-state index in [1.54, 1.807) is 42.5 Å². The largest absolute Gasteiger partial charge is 0.507 e. The van der Waals surface area contributed by atoms with Gasteiger partial charge in [0.05, 0.1) is 11.9 Å². The molecule has 4 aromatic rings. The van der Waals surface area contributed by atoms with Crippen molar-refractivity contribution in [2.24, 2.45) is 5.73 Å². The molecule has 36 heavy (non-hydrogen) atoms. The first kappa shape index (κ1) is 24.4. The van der Waals surface area contributed by atoms with Crippen LogP contribution in [0.4, 0.5) is 11.5 Å². The molecule has 0 bridgehead atoms. The van der Waals surface area contributed by atoms with Crippen LogP contribution in [-0.2, 0) is 4.79 Å². The molecule has 4 rings (SSSR count). The smallest absolute Gasteiger partial charge is 0.295 e. The molecule has 0 aliphatic rings. The number of benzene rings is 2. The summed E-state index contributed by atoms with van der Waals surface area (Å²) < 4.78 is 4.90. The molecular weight excluding hydrogens is 484 g/mol. The predicted octanol–water partition coefficient (Wildman–Crippen LogP) is 4.17. The molecule has 0 unspecified atom stereocenters. The quantitative estimate of drug-likeness (QED) is 0.292. The van der Waals surface area contributed by atoms with Gasteiger partial charge in [-0.25, -0.2) is 4.98 Å². The number of hydrogen-bond donors (Lipinski definition) is 4. The van der Waals surface area contributed by atoms with Gasteiger partial charge in [0, 0.05) is 40.9 Å². The lowest BCUT2D eigenvalue weighted by molar-refractivity contribution is -0.116. The van der Waals surface area contributed by atoms with Gasteiger partial charge in [0.1, 0.15) is 17.4 Å². The summed E-state index contributed by atoms with van der Waals surface area (Å²) in [6, 6.07) is 16.4. The molecule has 0 aliphatic heterocycles. The van der Waals surface area contributed by atoms with Gasteiger partial charge in [-0.1, -0.05) is 28.9 Å².